The highest BCUT2D eigenvalue weighted by Crippen LogP contribution is 2.18. The third-order valence-electron chi connectivity index (χ3n) is 2.54. The van der Waals surface area contributed by atoms with Crippen LogP contribution in [-0.4, -0.2) is 44.0 Å². The van der Waals surface area contributed by atoms with Gasteiger partial charge in [-0.25, -0.2) is 4.39 Å². The molecule has 0 aliphatic rings. The van der Waals surface area contributed by atoms with E-state index in [-0.39, 0.29) is 35.6 Å². The first kappa shape index (κ1) is 16.4. The first-order chi connectivity index (χ1) is 9.42. The summed E-state index contributed by atoms with van der Waals surface area (Å²) in [5.74, 6) is -1.32. The number of esters is 1. The second-order valence-corrected chi connectivity index (χ2v) is 4.67. The second-order valence-electron chi connectivity index (χ2n) is 4.24. The van der Waals surface area contributed by atoms with Crippen LogP contribution >= 0.6 is 11.6 Å². The van der Waals surface area contributed by atoms with Gasteiger partial charge in [-0.2, -0.15) is 0 Å². The molecule has 0 fully saturated rings. The number of nitrogens with zero attached hydrogens (tertiary/aromatic N) is 1. The van der Waals surface area contributed by atoms with Crippen molar-refractivity contribution in [3.05, 3.63) is 29.0 Å². The van der Waals surface area contributed by atoms with Gasteiger partial charge in [-0.15, -0.1) is 0 Å². The monoisotopic (exact) mass is 302 g/mol. The maximum absolute atomic E-state index is 13.5. The molecule has 0 aromatic heterocycles. The van der Waals surface area contributed by atoms with E-state index in [4.69, 9.17) is 11.6 Å². The Labute approximate surface area is 121 Å². The van der Waals surface area contributed by atoms with Gasteiger partial charge in [0, 0.05) is 11.6 Å². The van der Waals surface area contributed by atoms with Gasteiger partial charge in [-0.1, -0.05) is 11.6 Å². The van der Waals surface area contributed by atoms with E-state index in [1.807, 2.05) is 0 Å². The lowest BCUT2D eigenvalue weighted by molar-refractivity contribution is -0.141. The fraction of sp³-hybridized carbons (Fsp3) is 0.385. The number of nitrogens with one attached hydrogen (secondary N) is 1. The average Bonchev–Trinajstić information content (AvgIpc) is 2.39. The van der Waals surface area contributed by atoms with Crippen LogP contribution in [0.2, 0.25) is 5.02 Å². The summed E-state index contributed by atoms with van der Waals surface area (Å²) in [6.45, 7) is 0.419. The smallest absolute Gasteiger partial charge is 0.306 e. The molecule has 0 heterocycles. The van der Waals surface area contributed by atoms with E-state index in [1.165, 1.54) is 19.2 Å². The molecule has 1 aromatic carbocycles. The van der Waals surface area contributed by atoms with Crippen molar-refractivity contribution < 1.29 is 18.7 Å². The van der Waals surface area contributed by atoms with Gasteiger partial charge in [0.1, 0.15) is 5.82 Å². The van der Waals surface area contributed by atoms with E-state index in [9.17, 15) is 14.0 Å². The third kappa shape index (κ3) is 5.54. The molecule has 1 rings (SSSR count). The lowest BCUT2D eigenvalue weighted by Crippen LogP contribution is -2.32. The van der Waals surface area contributed by atoms with Crippen molar-refractivity contribution in [1.82, 2.24) is 4.90 Å². The SMILES string of the molecule is COC(=O)CCN(C)CC(=O)Nc1ccc(Cl)cc1F. The summed E-state index contributed by atoms with van der Waals surface area (Å²) >= 11 is 5.62. The van der Waals surface area contributed by atoms with E-state index in [0.717, 1.165) is 6.07 Å². The second kappa shape index (κ2) is 7.81. The van der Waals surface area contributed by atoms with Gasteiger partial charge in [-0.3, -0.25) is 14.5 Å². The molecule has 20 heavy (non-hydrogen) atoms. The number of likely N-dealkylation sites (N-methyl/N-ethyl adjacent to an activating group) is 1. The predicted molar refractivity (Wildman–Crippen MR) is 74.2 cm³/mol. The van der Waals surface area contributed by atoms with Gasteiger partial charge in [0.25, 0.3) is 0 Å². The largest absolute Gasteiger partial charge is 0.469 e. The maximum atomic E-state index is 13.5. The summed E-state index contributed by atoms with van der Waals surface area (Å²) in [6, 6.07) is 4.00. The molecule has 0 bridgehead atoms. The third-order valence-corrected chi connectivity index (χ3v) is 2.78. The summed E-state index contributed by atoms with van der Waals surface area (Å²) in [5, 5.41) is 2.70. The minimum atomic E-state index is -0.594. The lowest BCUT2D eigenvalue weighted by Gasteiger charge is -2.15. The van der Waals surface area contributed by atoms with Crippen molar-refractivity contribution in [3.8, 4) is 0 Å². The molecule has 0 unspecified atom stereocenters. The molecule has 0 radical (unpaired) electrons. The Hall–Kier alpha value is -1.66. The molecule has 0 spiro atoms. The molecular formula is C13H16ClFN2O3. The molecule has 0 aliphatic carbocycles. The van der Waals surface area contributed by atoms with E-state index >= 15 is 0 Å². The summed E-state index contributed by atoms with van der Waals surface area (Å²) in [7, 11) is 2.99. The highest BCUT2D eigenvalue weighted by atomic mass is 35.5. The minimum Gasteiger partial charge on any atom is -0.469 e. The Morgan fingerprint density at radius 1 is 1.45 bits per heavy atom. The summed E-state index contributed by atoms with van der Waals surface area (Å²) in [5.41, 5.74) is 0.0702. The van der Waals surface area contributed by atoms with E-state index in [0.29, 0.717) is 6.54 Å². The maximum Gasteiger partial charge on any atom is 0.306 e. The number of carbonyl (C=O) groups is 2. The Bertz CT molecular complexity index is 497. The standard InChI is InChI=1S/C13H16ClFN2O3/c1-17(6-5-13(19)20-2)8-12(18)16-11-4-3-9(14)7-10(11)15/h3-4,7H,5-6,8H2,1-2H3,(H,16,18). The van der Waals surface area contributed by atoms with Crippen molar-refractivity contribution in [2.45, 2.75) is 6.42 Å². The quantitative estimate of drug-likeness (QED) is 0.816. The van der Waals surface area contributed by atoms with Crippen molar-refractivity contribution in [2.75, 3.05) is 32.6 Å². The first-order valence-electron chi connectivity index (χ1n) is 5.92. The fourth-order valence-electron chi connectivity index (χ4n) is 1.49. The molecular weight excluding hydrogens is 287 g/mol. The van der Waals surface area contributed by atoms with Crippen LogP contribution in [0, 0.1) is 5.82 Å². The first-order valence-corrected chi connectivity index (χ1v) is 6.30. The number of carbonyl (C=O) groups excluding carboxylic acids is 2. The average molecular weight is 303 g/mol. The highest BCUT2D eigenvalue weighted by molar-refractivity contribution is 6.30. The van der Waals surface area contributed by atoms with Crippen molar-refractivity contribution >= 4 is 29.2 Å². The van der Waals surface area contributed by atoms with Gasteiger partial charge < -0.3 is 10.1 Å². The molecule has 1 aromatic rings. The van der Waals surface area contributed by atoms with Crippen LogP contribution in [-0.2, 0) is 14.3 Å². The van der Waals surface area contributed by atoms with Crippen LogP contribution in [0.3, 0.4) is 0 Å². The van der Waals surface area contributed by atoms with E-state index < -0.39 is 5.82 Å². The van der Waals surface area contributed by atoms with Crippen LogP contribution in [0.4, 0.5) is 10.1 Å². The zero-order valence-corrected chi connectivity index (χ0v) is 12.0. The van der Waals surface area contributed by atoms with Gasteiger partial charge in [0.15, 0.2) is 0 Å². The number of rotatable bonds is 6. The molecule has 0 atom stereocenters. The number of methoxy groups -OCH3 is 1. The topological polar surface area (TPSA) is 58.6 Å². The molecule has 7 heteroatoms. The number of hydrogen-bond acceptors (Lipinski definition) is 4. The fourth-order valence-corrected chi connectivity index (χ4v) is 1.65. The zero-order chi connectivity index (χ0) is 15.1. The normalized spacial score (nSPS) is 10.4. The van der Waals surface area contributed by atoms with Crippen molar-refractivity contribution in [3.63, 3.8) is 0 Å². The number of hydrogen-bond donors (Lipinski definition) is 1. The van der Waals surface area contributed by atoms with Gasteiger partial charge in [0.05, 0.1) is 25.8 Å². The minimum absolute atomic E-state index is 0.0407. The molecule has 0 saturated carbocycles. The zero-order valence-electron chi connectivity index (χ0n) is 11.3. The van der Waals surface area contributed by atoms with Crippen LogP contribution in [0.25, 0.3) is 0 Å². The lowest BCUT2D eigenvalue weighted by atomic mass is 10.3. The number of amides is 1. The molecule has 5 nitrogen and oxygen atoms in total. The molecule has 110 valence electrons. The van der Waals surface area contributed by atoms with Crippen LogP contribution in [0.1, 0.15) is 6.42 Å². The van der Waals surface area contributed by atoms with Crippen molar-refractivity contribution in [2.24, 2.45) is 0 Å². The predicted octanol–water partition coefficient (Wildman–Crippen LogP) is 1.91. The summed E-state index contributed by atoms with van der Waals surface area (Å²) in [4.78, 5) is 24.3. The Morgan fingerprint density at radius 3 is 2.75 bits per heavy atom. The number of anilines is 1. The highest BCUT2D eigenvalue weighted by Gasteiger charge is 2.11. The van der Waals surface area contributed by atoms with Crippen molar-refractivity contribution in [1.29, 1.82) is 0 Å². The van der Waals surface area contributed by atoms with Gasteiger partial charge in [-0.05, 0) is 25.2 Å². The van der Waals surface area contributed by atoms with Gasteiger partial charge >= 0.3 is 5.97 Å². The molecule has 1 N–H and O–H groups in total. The number of benzene rings is 1. The number of halogens is 2. The van der Waals surface area contributed by atoms with Crippen LogP contribution in [0.5, 0.6) is 0 Å². The Morgan fingerprint density at radius 2 is 2.15 bits per heavy atom. The van der Waals surface area contributed by atoms with Gasteiger partial charge in [0.2, 0.25) is 5.91 Å². The van der Waals surface area contributed by atoms with Crippen LogP contribution in [0.15, 0.2) is 18.2 Å². The summed E-state index contributed by atoms with van der Waals surface area (Å²) < 4.78 is 18.0. The molecule has 0 saturated heterocycles. The van der Waals surface area contributed by atoms with Crippen LogP contribution < -0.4 is 5.32 Å². The summed E-state index contributed by atoms with van der Waals surface area (Å²) in [6.07, 6.45) is 0.190. The van der Waals surface area contributed by atoms with E-state index in [2.05, 4.69) is 10.1 Å². The Balaban J connectivity index is 2.45. The molecule has 0 aliphatic heterocycles. The van der Waals surface area contributed by atoms with E-state index in [1.54, 1.807) is 11.9 Å². The molecule has 1 amide bonds. The Kier molecular flexibility index (Phi) is 6.41. The number of ether oxygens (including phenoxy) is 1.